The van der Waals surface area contributed by atoms with Gasteiger partial charge in [-0.3, -0.25) is 23.7 Å². The van der Waals surface area contributed by atoms with E-state index in [1.165, 1.54) is 15.3 Å². The minimum absolute atomic E-state index is 0.0517. The first-order chi connectivity index (χ1) is 23.1. The van der Waals surface area contributed by atoms with Gasteiger partial charge in [-0.15, -0.1) is 6.58 Å². The highest BCUT2D eigenvalue weighted by Crippen LogP contribution is 2.65. The Labute approximate surface area is 301 Å². The van der Waals surface area contributed by atoms with E-state index in [1.807, 2.05) is 62.3 Å². The van der Waals surface area contributed by atoms with Crippen LogP contribution in [0.4, 0.5) is 4.79 Å². The molecule has 1 saturated heterocycles. The molecule has 1 heterocycles. The Balaban J connectivity index is 2.32. The summed E-state index contributed by atoms with van der Waals surface area (Å²) in [5.74, 6) is -2.58. The van der Waals surface area contributed by atoms with Crippen molar-refractivity contribution in [1.82, 2.24) is 35.8 Å². The second-order valence-electron chi connectivity index (χ2n) is 16.4. The van der Waals surface area contributed by atoms with Crippen LogP contribution in [0.1, 0.15) is 88.0 Å². The molecule has 0 spiro atoms. The Morgan fingerprint density at radius 2 is 1.68 bits per heavy atom. The molecule has 6 N–H and O–H groups in total. The van der Waals surface area contributed by atoms with E-state index in [4.69, 9.17) is 0 Å². The summed E-state index contributed by atoms with van der Waals surface area (Å²) in [6, 6.07) is -4.13. The van der Waals surface area contributed by atoms with E-state index in [0.29, 0.717) is 32.5 Å². The lowest BCUT2D eigenvalue weighted by Gasteiger charge is -2.39. The molecule has 0 aromatic heterocycles. The number of hydrogen-bond acceptors (Lipinski definition) is 7. The van der Waals surface area contributed by atoms with Gasteiger partial charge < -0.3 is 31.5 Å². The van der Waals surface area contributed by atoms with Gasteiger partial charge in [0.1, 0.15) is 12.1 Å². The summed E-state index contributed by atoms with van der Waals surface area (Å²) in [4.78, 5) is 69.2. The van der Waals surface area contributed by atoms with Crippen LogP contribution in [0.3, 0.4) is 0 Å². The van der Waals surface area contributed by atoms with Crippen molar-refractivity contribution in [3.05, 3.63) is 12.7 Å². The molecule has 2 unspecified atom stereocenters. The zero-order chi connectivity index (χ0) is 38.2. The largest absolute Gasteiger partial charge is 0.346 e. The van der Waals surface area contributed by atoms with Crippen LogP contribution < -0.4 is 26.6 Å². The molecular formula is C35H63N7O7S. The fraction of sp³-hybridized carbons (Fsp3) is 0.800. The normalized spacial score (nSPS) is 22.1. The molecular weight excluding hydrogens is 662 g/mol. The first-order valence-electron chi connectivity index (χ1n) is 17.7. The van der Waals surface area contributed by atoms with E-state index < -0.39 is 75.8 Å². The lowest BCUT2D eigenvalue weighted by molar-refractivity contribution is -0.145. The summed E-state index contributed by atoms with van der Waals surface area (Å²) in [5, 5.41) is 14.1. The number of hydrogen-bond donors (Lipinski definition) is 6. The van der Waals surface area contributed by atoms with E-state index >= 15 is 0 Å². The zero-order valence-corrected chi connectivity index (χ0v) is 32.6. The Morgan fingerprint density at radius 1 is 1.04 bits per heavy atom. The van der Waals surface area contributed by atoms with Crippen molar-refractivity contribution in [2.75, 3.05) is 39.8 Å². The summed E-state index contributed by atoms with van der Waals surface area (Å²) >= 11 is -2.25. The van der Waals surface area contributed by atoms with Gasteiger partial charge in [0.15, 0.2) is 0 Å². The van der Waals surface area contributed by atoms with Crippen molar-refractivity contribution >= 4 is 40.8 Å². The number of nitrogens with one attached hydrogen (secondary N) is 5. The van der Waals surface area contributed by atoms with E-state index in [2.05, 4.69) is 33.2 Å². The summed E-state index contributed by atoms with van der Waals surface area (Å²) in [6.07, 6.45) is 3.73. The highest BCUT2D eigenvalue weighted by Gasteiger charge is 2.70. The van der Waals surface area contributed by atoms with Gasteiger partial charge in [0, 0.05) is 32.2 Å². The minimum Gasteiger partial charge on any atom is -0.346 e. The number of nitrogens with zero attached hydrogens (tertiary/aromatic N) is 2. The molecule has 2 rings (SSSR count). The summed E-state index contributed by atoms with van der Waals surface area (Å²) in [7, 11) is 1.80. The predicted molar refractivity (Wildman–Crippen MR) is 195 cm³/mol. The third-order valence-electron chi connectivity index (χ3n) is 10.1. The quantitative estimate of drug-likeness (QED) is 0.0506. The van der Waals surface area contributed by atoms with Crippen LogP contribution in [0.25, 0.3) is 0 Å². The van der Waals surface area contributed by atoms with Crippen molar-refractivity contribution in [2.45, 2.75) is 112 Å². The number of amides is 5. The van der Waals surface area contributed by atoms with Crippen LogP contribution in [0.2, 0.25) is 0 Å². The van der Waals surface area contributed by atoms with Gasteiger partial charge in [0.25, 0.3) is 5.91 Å². The summed E-state index contributed by atoms with van der Waals surface area (Å²) in [6.45, 7) is 22.4. The van der Waals surface area contributed by atoms with Crippen molar-refractivity contribution in [3.8, 4) is 0 Å². The average molecular weight is 726 g/mol. The Kier molecular flexibility index (Phi) is 15.6. The van der Waals surface area contributed by atoms with E-state index in [-0.39, 0.29) is 36.8 Å². The molecule has 7 atom stereocenters. The second kappa shape index (κ2) is 18.1. The molecule has 0 aromatic rings. The highest BCUT2D eigenvalue weighted by atomic mass is 32.2. The molecule has 2 fully saturated rings. The highest BCUT2D eigenvalue weighted by molar-refractivity contribution is 7.76. The van der Waals surface area contributed by atoms with Gasteiger partial charge in [-0.1, -0.05) is 81.2 Å². The van der Waals surface area contributed by atoms with Crippen molar-refractivity contribution in [3.63, 3.8) is 0 Å². The first kappa shape index (κ1) is 43.3. The number of Topliss-reactive ketones (excluding diaryl/α,β-unsaturated/α-hetero) is 1. The topological polar surface area (TPSA) is 189 Å². The summed E-state index contributed by atoms with van der Waals surface area (Å²) in [5.41, 5.74) is -1.47. The molecule has 50 heavy (non-hydrogen) atoms. The van der Waals surface area contributed by atoms with Gasteiger partial charge >= 0.3 is 6.03 Å². The first-order valence-corrected chi connectivity index (χ1v) is 18.8. The van der Waals surface area contributed by atoms with Crippen LogP contribution >= 0.6 is 0 Å². The number of fused-ring (bicyclic) bond motifs is 1. The fourth-order valence-corrected chi connectivity index (χ4v) is 7.27. The third-order valence-corrected chi connectivity index (χ3v) is 10.8. The maximum atomic E-state index is 14.4. The fourth-order valence-electron chi connectivity index (χ4n) is 6.71. The molecule has 0 aromatic carbocycles. The molecule has 1 aliphatic heterocycles. The van der Waals surface area contributed by atoms with Gasteiger partial charge in [0.2, 0.25) is 28.9 Å². The Bertz CT molecular complexity index is 1260. The monoisotopic (exact) mass is 725 g/mol. The molecule has 5 amide bonds. The molecule has 1 aliphatic carbocycles. The SMILES string of the molecule is C=CCNC(=O)C(=O)C(CCCC)NC(=O)[C@@H]1[C@@H]2[C@H](CN1C(=O)[C@@H](NC(=O)N[C@H](CN(CCCNC)S(=O)O)C(C)(C)C)C(C)(C)C)C2(C)C. The lowest BCUT2D eigenvalue weighted by atomic mass is 9.85. The van der Waals surface area contributed by atoms with Gasteiger partial charge in [0.05, 0.1) is 6.04 Å². The van der Waals surface area contributed by atoms with Crippen molar-refractivity contribution < 1.29 is 32.7 Å². The molecule has 14 nitrogen and oxygen atoms in total. The third kappa shape index (κ3) is 11.3. The zero-order valence-electron chi connectivity index (χ0n) is 31.8. The van der Waals surface area contributed by atoms with E-state index in [1.54, 1.807) is 7.05 Å². The van der Waals surface area contributed by atoms with Gasteiger partial charge in [-0.25, -0.2) is 9.00 Å². The predicted octanol–water partition coefficient (Wildman–Crippen LogP) is 2.19. The van der Waals surface area contributed by atoms with Crippen LogP contribution in [0, 0.1) is 28.1 Å². The van der Waals surface area contributed by atoms with E-state index in [9.17, 15) is 32.7 Å². The number of rotatable bonds is 19. The standard InChI is InChI=1S/C35H63N7O7S/c1-12-14-16-23(27(43)30(45)37-17-13-2)38-29(44)26-25-22(35(25,9)10)20-42(26)31(46)28(34(6,7)8)40-32(47)39-24(33(3,4)5)21-41(50(48)49)19-15-18-36-11/h13,22-26,28,36H,2,12,14-21H2,1,3-11H3,(H,37,45)(H,38,44)(H,48,49)(H2,39,40,47)/t22-,23?,24+,25-,26-,28+/m0/s1. The van der Waals surface area contributed by atoms with Crippen LogP contribution in [-0.2, 0) is 30.4 Å². The molecule has 0 radical (unpaired) electrons. The van der Waals surface area contributed by atoms with Crippen molar-refractivity contribution in [2.24, 2.45) is 28.1 Å². The number of piperidine rings is 1. The maximum Gasteiger partial charge on any atom is 0.315 e. The number of carbonyl (C=O) groups excluding carboxylic acids is 5. The molecule has 15 heteroatoms. The number of likely N-dealkylation sites (tertiary alicyclic amines) is 1. The second-order valence-corrected chi connectivity index (χ2v) is 17.3. The average Bonchev–Trinajstić information content (AvgIpc) is 3.32. The Hall–Kier alpha value is -2.88. The van der Waals surface area contributed by atoms with Gasteiger partial charge in [-0.2, -0.15) is 4.31 Å². The number of carbonyl (C=O) groups is 5. The van der Waals surface area contributed by atoms with Crippen LogP contribution in [0.5, 0.6) is 0 Å². The lowest BCUT2D eigenvalue weighted by Crippen LogP contribution is -2.62. The van der Waals surface area contributed by atoms with E-state index in [0.717, 1.165) is 6.42 Å². The number of urea groups is 1. The number of ketones is 1. The smallest absolute Gasteiger partial charge is 0.315 e. The minimum atomic E-state index is -2.25. The molecule has 1 saturated carbocycles. The van der Waals surface area contributed by atoms with Crippen molar-refractivity contribution in [1.29, 1.82) is 0 Å². The van der Waals surface area contributed by atoms with Gasteiger partial charge in [-0.05, 0) is 54.5 Å². The van der Waals surface area contributed by atoms with Crippen LogP contribution in [-0.4, -0.2) is 111 Å². The Morgan fingerprint density at radius 3 is 2.20 bits per heavy atom. The maximum absolute atomic E-state index is 14.4. The van der Waals surface area contributed by atoms with Crippen LogP contribution in [0.15, 0.2) is 12.7 Å². The number of unbranched alkanes of at least 4 members (excludes halogenated alkanes) is 1. The molecule has 2 aliphatic rings. The molecule has 0 bridgehead atoms. The molecule has 286 valence electrons. The summed E-state index contributed by atoms with van der Waals surface area (Å²) < 4.78 is 23.5.